The first-order valence-corrected chi connectivity index (χ1v) is 7.24. The van der Waals surface area contributed by atoms with E-state index in [9.17, 15) is 0 Å². The zero-order valence-electron chi connectivity index (χ0n) is 11.3. The number of thiazole rings is 1. The van der Waals surface area contributed by atoms with Gasteiger partial charge in [0.1, 0.15) is 0 Å². The van der Waals surface area contributed by atoms with Gasteiger partial charge in [-0.05, 0) is 47.0 Å². The van der Waals surface area contributed by atoms with Crippen LogP contribution in [-0.2, 0) is 5.54 Å². The minimum absolute atomic E-state index is 0.279. The zero-order chi connectivity index (χ0) is 12.6. The van der Waals surface area contributed by atoms with Crippen molar-refractivity contribution < 1.29 is 0 Å². The predicted octanol–water partition coefficient (Wildman–Crippen LogP) is 3.02. The van der Waals surface area contributed by atoms with Crippen LogP contribution in [0.25, 0.3) is 0 Å². The van der Waals surface area contributed by atoms with Gasteiger partial charge in [0.2, 0.25) is 0 Å². The van der Waals surface area contributed by atoms with Crippen LogP contribution in [0.1, 0.15) is 50.6 Å². The van der Waals surface area contributed by atoms with Crippen molar-refractivity contribution in [3.8, 4) is 0 Å². The summed E-state index contributed by atoms with van der Waals surface area (Å²) in [6.45, 7) is 9.61. The highest BCUT2D eigenvalue weighted by Gasteiger charge is 2.26. The summed E-state index contributed by atoms with van der Waals surface area (Å²) in [5.74, 6) is 0. The lowest BCUT2D eigenvalue weighted by Gasteiger charge is -2.33. The molecule has 96 valence electrons. The van der Waals surface area contributed by atoms with Gasteiger partial charge < -0.3 is 10.6 Å². The molecule has 1 atom stereocenters. The highest BCUT2D eigenvalue weighted by atomic mass is 32.1. The molecule has 2 N–H and O–H groups in total. The minimum atomic E-state index is -0.279. The average molecular weight is 253 g/mol. The molecule has 1 aromatic heterocycles. The molecule has 0 saturated carbocycles. The smallest absolute Gasteiger partial charge is 0.186 e. The molecule has 0 radical (unpaired) electrons. The third-order valence-corrected chi connectivity index (χ3v) is 4.95. The van der Waals surface area contributed by atoms with Crippen molar-refractivity contribution in [2.24, 2.45) is 5.73 Å². The SMILES string of the molecule is Cc1nc(N2CCCCC2C)sc1C(C)(C)N. The van der Waals surface area contributed by atoms with Crippen LogP contribution in [-0.4, -0.2) is 17.6 Å². The van der Waals surface area contributed by atoms with Crippen molar-refractivity contribution in [1.29, 1.82) is 0 Å². The van der Waals surface area contributed by atoms with Crippen LogP contribution in [0, 0.1) is 6.92 Å². The Labute approximate surface area is 108 Å². The molecule has 3 nitrogen and oxygen atoms in total. The molecule has 1 aliphatic rings. The van der Waals surface area contributed by atoms with Crippen molar-refractivity contribution >= 4 is 16.5 Å². The molecular formula is C13H23N3S. The topological polar surface area (TPSA) is 42.2 Å². The van der Waals surface area contributed by atoms with Crippen LogP contribution in [0.3, 0.4) is 0 Å². The van der Waals surface area contributed by atoms with E-state index in [4.69, 9.17) is 10.7 Å². The third-order valence-electron chi connectivity index (χ3n) is 3.42. The molecule has 2 heterocycles. The normalized spacial score (nSPS) is 21.9. The fraction of sp³-hybridized carbons (Fsp3) is 0.769. The van der Waals surface area contributed by atoms with E-state index in [1.165, 1.54) is 24.1 Å². The first-order valence-electron chi connectivity index (χ1n) is 6.43. The number of aromatic nitrogens is 1. The summed E-state index contributed by atoms with van der Waals surface area (Å²) in [6, 6.07) is 0.614. The van der Waals surface area contributed by atoms with Crippen LogP contribution in [0.4, 0.5) is 5.13 Å². The molecule has 0 spiro atoms. The van der Waals surface area contributed by atoms with Crippen LogP contribution in [0.2, 0.25) is 0 Å². The van der Waals surface area contributed by atoms with Crippen molar-refractivity contribution in [1.82, 2.24) is 4.98 Å². The van der Waals surface area contributed by atoms with Gasteiger partial charge in [0.05, 0.1) is 5.69 Å². The van der Waals surface area contributed by atoms with Crippen LogP contribution >= 0.6 is 11.3 Å². The Morgan fingerprint density at radius 2 is 2.12 bits per heavy atom. The Balaban J connectivity index is 2.28. The fourth-order valence-corrected chi connectivity index (χ4v) is 3.70. The number of piperidine rings is 1. The Morgan fingerprint density at radius 1 is 1.41 bits per heavy atom. The number of anilines is 1. The van der Waals surface area contributed by atoms with E-state index in [0.29, 0.717) is 6.04 Å². The zero-order valence-corrected chi connectivity index (χ0v) is 12.1. The predicted molar refractivity (Wildman–Crippen MR) is 74.7 cm³/mol. The average Bonchev–Trinajstić information content (AvgIpc) is 2.60. The molecular weight excluding hydrogens is 230 g/mol. The quantitative estimate of drug-likeness (QED) is 0.881. The van der Waals surface area contributed by atoms with Gasteiger partial charge in [-0.1, -0.05) is 11.3 Å². The molecule has 2 rings (SSSR count). The van der Waals surface area contributed by atoms with E-state index in [-0.39, 0.29) is 5.54 Å². The van der Waals surface area contributed by atoms with Crippen molar-refractivity contribution in [3.63, 3.8) is 0 Å². The van der Waals surface area contributed by atoms with Gasteiger partial charge >= 0.3 is 0 Å². The van der Waals surface area contributed by atoms with Gasteiger partial charge in [0.25, 0.3) is 0 Å². The Hall–Kier alpha value is -0.610. The van der Waals surface area contributed by atoms with Crippen molar-refractivity contribution in [2.75, 3.05) is 11.4 Å². The summed E-state index contributed by atoms with van der Waals surface area (Å²) in [5.41, 5.74) is 7.00. The van der Waals surface area contributed by atoms with Gasteiger partial charge in [-0.2, -0.15) is 0 Å². The monoisotopic (exact) mass is 253 g/mol. The summed E-state index contributed by atoms with van der Waals surface area (Å²) in [6.07, 6.45) is 3.90. The van der Waals surface area contributed by atoms with E-state index in [0.717, 1.165) is 17.4 Å². The van der Waals surface area contributed by atoms with E-state index < -0.39 is 0 Å². The van der Waals surface area contributed by atoms with E-state index in [1.54, 1.807) is 11.3 Å². The minimum Gasteiger partial charge on any atom is -0.345 e. The summed E-state index contributed by atoms with van der Waals surface area (Å²) >= 11 is 1.77. The highest BCUT2D eigenvalue weighted by molar-refractivity contribution is 7.15. The summed E-state index contributed by atoms with van der Waals surface area (Å²) < 4.78 is 0. The fourth-order valence-electron chi connectivity index (χ4n) is 2.49. The molecule has 1 aliphatic heterocycles. The van der Waals surface area contributed by atoms with Crippen molar-refractivity contribution in [3.05, 3.63) is 10.6 Å². The second-order valence-corrected chi connectivity index (χ2v) is 6.65. The lowest BCUT2D eigenvalue weighted by atomic mass is 10.0. The van der Waals surface area contributed by atoms with E-state index >= 15 is 0 Å². The Morgan fingerprint density at radius 3 is 2.65 bits per heavy atom. The van der Waals surface area contributed by atoms with Gasteiger partial charge in [-0.25, -0.2) is 4.98 Å². The first kappa shape index (κ1) is 12.8. The third kappa shape index (κ3) is 2.63. The molecule has 0 amide bonds. The molecule has 17 heavy (non-hydrogen) atoms. The Bertz CT molecular complexity index is 392. The number of nitrogens with two attached hydrogens (primary N) is 1. The number of nitrogens with zero attached hydrogens (tertiary/aromatic N) is 2. The lowest BCUT2D eigenvalue weighted by Crippen LogP contribution is -2.37. The van der Waals surface area contributed by atoms with Crippen molar-refractivity contribution in [2.45, 2.75) is 58.5 Å². The van der Waals surface area contributed by atoms with E-state index in [1.807, 2.05) is 0 Å². The first-order chi connectivity index (χ1) is 7.89. The number of hydrogen-bond donors (Lipinski definition) is 1. The molecule has 1 unspecified atom stereocenters. The molecule has 1 fully saturated rings. The van der Waals surface area contributed by atoms with Gasteiger partial charge in [0, 0.05) is 23.0 Å². The van der Waals surface area contributed by atoms with E-state index in [2.05, 4.69) is 32.6 Å². The maximum atomic E-state index is 6.19. The molecule has 4 heteroatoms. The molecule has 1 aromatic rings. The number of aryl methyl sites for hydroxylation is 1. The second-order valence-electron chi connectivity index (χ2n) is 5.67. The van der Waals surface area contributed by atoms with Crippen LogP contribution < -0.4 is 10.6 Å². The summed E-state index contributed by atoms with van der Waals surface area (Å²) in [5, 5.41) is 1.16. The van der Waals surface area contributed by atoms with Gasteiger partial charge in [0.15, 0.2) is 5.13 Å². The largest absolute Gasteiger partial charge is 0.345 e. The number of hydrogen-bond acceptors (Lipinski definition) is 4. The van der Waals surface area contributed by atoms with Crippen LogP contribution in [0.5, 0.6) is 0 Å². The maximum Gasteiger partial charge on any atom is 0.186 e. The number of rotatable bonds is 2. The second kappa shape index (κ2) is 4.58. The molecule has 0 aromatic carbocycles. The van der Waals surface area contributed by atoms with Crippen LogP contribution in [0.15, 0.2) is 0 Å². The highest BCUT2D eigenvalue weighted by Crippen LogP contribution is 2.35. The molecule has 1 saturated heterocycles. The summed E-state index contributed by atoms with van der Waals surface area (Å²) in [4.78, 5) is 8.37. The Kier molecular flexibility index (Phi) is 3.46. The summed E-state index contributed by atoms with van der Waals surface area (Å²) in [7, 11) is 0. The standard InChI is InChI=1S/C13H23N3S/c1-9-7-5-6-8-16(9)12-15-10(2)11(17-12)13(3,4)14/h9H,5-8,14H2,1-4H3. The lowest BCUT2D eigenvalue weighted by molar-refractivity contribution is 0.484. The van der Waals surface area contributed by atoms with Gasteiger partial charge in [-0.3, -0.25) is 0 Å². The maximum absolute atomic E-state index is 6.19. The van der Waals surface area contributed by atoms with Gasteiger partial charge in [-0.15, -0.1) is 0 Å². The molecule has 0 bridgehead atoms. The molecule has 0 aliphatic carbocycles.